The van der Waals surface area contributed by atoms with Crippen LogP contribution in [0, 0.1) is 5.82 Å². The molecule has 0 aliphatic carbocycles. The minimum absolute atomic E-state index is 0.0470. The minimum atomic E-state index is -0.332. The third kappa shape index (κ3) is 3.96. The van der Waals surface area contributed by atoms with Crippen LogP contribution in [-0.2, 0) is 6.61 Å². The highest BCUT2D eigenvalue weighted by atomic mass is 19.1. The standard InChI is InChI=1S/C22H15FN2O3/c23-18-10-6-17(7-11-18)22-24-20(25-28-22)14-27-19-12-8-16(9-13-19)21(26)15-4-2-1-3-5-15/h1-13H,14H2. The van der Waals surface area contributed by atoms with E-state index in [2.05, 4.69) is 10.1 Å². The van der Waals surface area contributed by atoms with Crippen LogP contribution in [0.15, 0.2) is 83.4 Å². The summed E-state index contributed by atoms with van der Waals surface area (Å²) < 4.78 is 23.8. The summed E-state index contributed by atoms with van der Waals surface area (Å²) in [6.07, 6.45) is 0. The number of hydrogen-bond acceptors (Lipinski definition) is 5. The summed E-state index contributed by atoms with van der Waals surface area (Å²) in [5.74, 6) is 0.860. The molecule has 0 amide bonds. The van der Waals surface area contributed by atoms with Crippen molar-refractivity contribution >= 4 is 5.78 Å². The number of benzene rings is 3. The second-order valence-electron chi connectivity index (χ2n) is 6.03. The largest absolute Gasteiger partial charge is 0.485 e. The number of carbonyl (C=O) groups is 1. The molecule has 28 heavy (non-hydrogen) atoms. The van der Waals surface area contributed by atoms with E-state index in [1.54, 1.807) is 48.5 Å². The fourth-order valence-corrected chi connectivity index (χ4v) is 2.63. The highest BCUT2D eigenvalue weighted by Crippen LogP contribution is 2.19. The smallest absolute Gasteiger partial charge is 0.258 e. The SMILES string of the molecule is O=C(c1ccccc1)c1ccc(OCc2noc(-c3ccc(F)cc3)n2)cc1. The van der Waals surface area contributed by atoms with E-state index in [9.17, 15) is 9.18 Å². The lowest BCUT2D eigenvalue weighted by molar-refractivity contribution is 0.103. The molecule has 5 nitrogen and oxygen atoms in total. The van der Waals surface area contributed by atoms with Crippen molar-refractivity contribution < 1.29 is 18.4 Å². The molecule has 0 radical (unpaired) electrons. The van der Waals surface area contributed by atoms with Crippen molar-refractivity contribution in [2.75, 3.05) is 0 Å². The van der Waals surface area contributed by atoms with Crippen LogP contribution in [0.4, 0.5) is 4.39 Å². The number of rotatable bonds is 6. The van der Waals surface area contributed by atoms with Gasteiger partial charge in [0.25, 0.3) is 5.89 Å². The molecule has 3 aromatic carbocycles. The van der Waals surface area contributed by atoms with Gasteiger partial charge in [-0.1, -0.05) is 35.5 Å². The van der Waals surface area contributed by atoms with Crippen LogP contribution in [0.2, 0.25) is 0 Å². The monoisotopic (exact) mass is 374 g/mol. The summed E-state index contributed by atoms with van der Waals surface area (Å²) in [5, 5.41) is 3.86. The van der Waals surface area contributed by atoms with Gasteiger partial charge in [0.15, 0.2) is 12.4 Å². The molecule has 4 rings (SSSR count). The molecule has 0 spiro atoms. The van der Waals surface area contributed by atoms with Gasteiger partial charge in [-0.25, -0.2) is 4.39 Å². The topological polar surface area (TPSA) is 65.2 Å². The molecule has 1 aromatic heterocycles. The molecule has 0 saturated carbocycles. The van der Waals surface area contributed by atoms with Gasteiger partial charge in [0.1, 0.15) is 11.6 Å². The van der Waals surface area contributed by atoms with Crippen molar-refractivity contribution in [3.8, 4) is 17.2 Å². The Morgan fingerprint density at radius 3 is 2.29 bits per heavy atom. The lowest BCUT2D eigenvalue weighted by atomic mass is 10.0. The van der Waals surface area contributed by atoms with Gasteiger partial charge in [0.2, 0.25) is 5.82 Å². The molecule has 0 atom stereocenters. The molecular weight excluding hydrogens is 359 g/mol. The summed E-state index contributed by atoms with van der Waals surface area (Å²) in [5.41, 5.74) is 1.84. The van der Waals surface area contributed by atoms with Gasteiger partial charge in [0, 0.05) is 16.7 Å². The van der Waals surface area contributed by atoms with E-state index in [0.29, 0.717) is 34.2 Å². The van der Waals surface area contributed by atoms with E-state index in [4.69, 9.17) is 9.26 Å². The van der Waals surface area contributed by atoms with Gasteiger partial charge in [-0.15, -0.1) is 0 Å². The predicted octanol–water partition coefficient (Wildman–Crippen LogP) is 4.69. The van der Waals surface area contributed by atoms with E-state index in [-0.39, 0.29) is 18.2 Å². The van der Waals surface area contributed by atoms with Gasteiger partial charge in [-0.2, -0.15) is 4.98 Å². The first-order chi connectivity index (χ1) is 13.7. The molecule has 4 aromatic rings. The van der Waals surface area contributed by atoms with Crippen LogP contribution in [0.25, 0.3) is 11.5 Å². The molecule has 1 heterocycles. The van der Waals surface area contributed by atoms with Crippen LogP contribution >= 0.6 is 0 Å². The van der Waals surface area contributed by atoms with E-state index in [1.807, 2.05) is 18.2 Å². The van der Waals surface area contributed by atoms with Gasteiger partial charge >= 0.3 is 0 Å². The number of carbonyl (C=O) groups excluding carboxylic acids is 1. The Kier molecular flexibility index (Phi) is 4.93. The van der Waals surface area contributed by atoms with Crippen molar-refractivity contribution in [2.45, 2.75) is 6.61 Å². The number of nitrogens with zero attached hydrogens (tertiary/aromatic N) is 2. The summed E-state index contributed by atoms with van der Waals surface area (Å²) >= 11 is 0. The Labute approximate surface area is 160 Å². The lowest BCUT2D eigenvalue weighted by Gasteiger charge is -2.05. The average Bonchev–Trinajstić information content (AvgIpc) is 3.22. The summed E-state index contributed by atoms with van der Waals surface area (Å²) in [7, 11) is 0. The van der Waals surface area contributed by atoms with E-state index in [1.165, 1.54) is 12.1 Å². The molecule has 0 N–H and O–H groups in total. The molecule has 0 unspecified atom stereocenters. The molecular formula is C22H15FN2O3. The molecule has 0 aliphatic heterocycles. The molecule has 0 bridgehead atoms. The Hall–Kier alpha value is -3.80. The summed E-state index contributed by atoms with van der Waals surface area (Å²) in [6, 6.07) is 21.7. The predicted molar refractivity (Wildman–Crippen MR) is 100 cm³/mol. The molecule has 6 heteroatoms. The quantitative estimate of drug-likeness (QED) is 0.458. The minimum Gasteiger partial charge on any atom is -0.485 e. The zero-order valence-corrected chi connectivity index (χ0v) is 14.7. The maximum Gasteiger partial charge on any atom is 0.258 e. The number of ketones is 1. The fraction of sp³-hybridized carbons (Fsp3) is 0.0455. The van der Waals surface area contributed by atoms with Crippen LogP contribution in [0.5, 0.6) is 5.75 Å². The van der Waals surface area contributed by atoms with Crippen molar-refractivity contribution in [1.82, 2.24) is 10.1 Å². The first-order valence-corrected chi connectivity index (χ1v) is 8.60. The van der Waals surface area contributed by atoms with Crippen molar-refractivity contribution in [3.05, 3.63) is 102 Å². The molecule has 0 saturated heterocycles. The average molecular weight is 374 g/mol. The number of ether oxygens (including phenoxy) is 1. The Balaban J connectivity index is 1.39. The number of aromatic nitrogens is 2. The van der Waals surface area contributed by atoms with Crippen molar-refractivity contribution in [2.24, 2.45) is 0 Å². The van der Waals surface area contributed by atoms with E-state index >= 15 is 0 Å². The number of hydrogen-bond donors (Lipinski definition) is 0. The van der Waals surface area contributed by atoms with Crippen LogP contribution in [-0.4, -0.2) is 15.9 Å². The van der Waals surface area contributed by atoms with E-state index < -0.39 is 0 Å². The Morgan fingerprint density at radius 2 is 1.57 bits per heavy atom. The maximum absolute atomic E-state index is 13.0. The first kappa shape index (κ1) is 17.6. The summed E-state index contributed by atoms with van der Waals surface area (Å²) in [4.78, 5) is 16.6. The Morgan fingerprint density at radius 1 is 0.893 bits per heavy atom. The van der Waals surface area contributed by atoms with Crippen LogP contribution < -0.4 is 4.74 Å². The van der Waals surface area contributed by atoms with Gasteiger partial charge in [0.05, 0.1) is 0 Å². The molecule has 138 valence electrons. The van der Waals surface area contributed by atoms with Crippen LogP contribution in [0.1, 0.15) is 21.7 Å². The first-order valence-electron chi connectivity index (χ1n) is 8.60. The van der Waals surface area contributed by atoms with Crippen molar-refractivity contribution in [1.29, 1.82) is 0 Å². The lowest BCUT2D eigenvalue weighted by Crippen LogP contribution is -2.01. The second-order valence-corrected chi connectivity index (χ2v) is 6.03. The van der Waals surface area contributed by atoms with E-state index in [0.717, 1.165) is 0 Å². The highest BCUT2D eigenvalue weighted by molar-refractivity contribution is 6.08. The Bertz CT molecular complexity index is 1070. The van der Waals surface area contributed by atoms with Gasteiger partial charge in [-0.05, 0) is 48.5 Å². The van der Waals surface area contributed by atoms with Crippen LogP contribution in [0.3, 0.4) is 0 Å². The highest BCUT2D eigenvalue weighted by Gasteiger charge is 2.11. The fourth-order valence-electron chi connectivity index (χ4n) is 2.63. The third-order valence-corrected chi connectivity index (χ3v) is 4.08. The second kappa shape index (κ2) is 7.84. The number of halogens is 1. The van der Waals surface area contributed by atoms with Gasteiger partial charge in [-0.3, -0.25) is 4.79 Å². The molecule has 0 fully saturated rings. The molecule has 0 aliphatic rings. The van der Waals surface area contributed by atoms with Crippen molar-refractivity contribution in [3.63, 3.8) is 0 Å². The summed E-state index contributed by atoms with van der Waals surface area (Å²) in [6.45, 7) is 0.108. The zero-order valence-electron chi connectivity index (χ0n) is 14.7. The van der Waals surface area contributed by atoms with Gasteiger partial charge < -0.3 is 9.26 Å². The zero-order chi connectivity index (χ0) is 19.3. The maximum atomic E-state index is 13.0. The normalized spacial score (nSPS) is 10.6. The third-order valence-electron chi connectivity index (χ3n) is 4.08.